The van der Waals surface area contributed by atoms with Crippen LogP contribution in [0.1, 0.15) is 30.3 Å². The third-order valence-corrected chi connectivity index (χ3v) is 6.58. The highest BCUT2D eigenvalue weighted by Crippen LogP contribution is 2.33. The van der Waals surface area contributed by atoms with E-state index in [1.54, 1.807) is 0 Å². The number of morpholine rings is 1. The van der Waals surface area contributed by atoms with Gasteiger partial charge in [-0.05, 0) is 12.8 Å². The molecule has 0 aliphatic carbocycles. The first-order chi connectivity index (χ1) is 11.7. The molecule has 0 amide bonds. The molecule has 2 fully saturated rings. The largest absolute Gasteiger partial charge is 0.434 e. The molecule has 0 radical (unpaired) electrons. The van der Waals surface area contributed by atoms with Crippen LogP contribution in [0.3, 0.4) is 0 Å². The van der Waals surface area contributed by atoms with Gasteiger partial charge in [0.05, 0.1) is 13.2 Å². The molecule has 1 atom stereocenters. The highest BCUT2D eigenvalue weighted by atomic mass is 32.2. The quantitative estimate of drug-likeness (QED) is 0.788. The number of halogens is 3. The van der Waals surface area contributed by atoms with Crippen LogP contribution in [0.4, 0.5) is 13.2 Å². The van der Waals surface area contributed by atoms with E-state index in [2.05, 4.69) is 4.98 Å². The summed E-state index contributed by atoms with van der Waals surface area (Å²) < 4.78 is 73.3. The SMILES string of the molecule is Cn1cc(C(F)(F)F)nc1C1CCCN(S(=O)(=O)N2CCOCC2)C1. The molecule has 7 nitrogen and oxygen atoms in total. The van der Waals surface area contributed by atoms with Crippen LogP contribution in [0.25, 0.3) is 0 Å². The van der Waals surface area contributed by atoms with Crippen molar-refractivity contribution in [2.45, 2.75) is 24.9 Å². The molecule has 142 valence electrons. The first-order valence-corrected chi connectivity index (χ1v) is 9.52. The van der Waals surface area contributed by atoms with Gasteiger partial charge in [0.1, 0.15) is 5.82 Å². The Kier molecular flexibility index (Phi) is 5.11. The van der Waals surface area contributed by atoms with E-state index in [0.717, 1.165) is 6.20 Å². The van der Waals surface area contributed by atoms with E-state index in [1.165, 1.54) is 20.2 Å². The summed E-state index contributed by atoms with van der Waals surface area (Å²) in [5.74, 6) is -0.0835. The van der Waals surface area contributed by atoms with E-state index in [0.29, 0.717) is 45.7 Å². The summed E-state index contributed by atoms with van der Waals surface area (Å²) in [5.41, 5.74) is -0.946. The first-order valence-electron chi connectivity index (χ1n) is 8.13. The Bertz CT molecular complexity index is 713. The fourth-order valence-corrected chi connectivity index (χ4v) is 4.97. The lowest BCUT2D eigenvalue weighted by atomic mass is 9.99. The molecule has 11 heteroatoms. The molecule has 2 aliphatic heterocycles. The van der Waals surface area contributed by atoms with Crippen molar-refractivity contribution in [3.8, 4) is 0 Å². The van der Waals surface area contributed by atoms with Gasteiger partial charge in [-0.1, -0.05) is 0 Å². The number of alkyl halides is 3. The molecule has 1 aromatic heterocycles. The minimum atomic E-state index is -4.51. The summed E-state index contributed by atoms with van der Waals surface area (Å²) in [4.78, 5) is 3.72. The number of aromatic nitrogens is 2. The summed E-state index contributed by atoms with van der Waals surface area (Å²) >= 11 is 0. The predicted molar refractivity (Wildman–Crippen MR) is 83.1 cm³/mol. The summed E-state index contributed by atoms with van der Waals surface area (Å²) in [5, 5.41) is 0. The standard InChI is InChI=1S/C14H21F3N4O3S/c1-19-10-12(14(15,16)17)18-13(19)11-3-2-4-21(9-11)25(22,23)20-5-7-24-8-6-20/h10-11H,2-9H2,1H3. The first kappa shape index (κ1) is 18.6. The summed E-state index contributed by atoms with van der Waals surface area (Å²) in [7, 11) is -2.13. The van der Waals surface area contributed by atoms with Gasteiger partial charge in [0.25, 0.3) is 10.2 Å². The maximum absolute atomic E-state index is 12.9. The number of hydrogen-bond acceptors (Lipinski definition) is 4. The molecule has 3 rings (SSSR count). The summed E-state index contributed by atoms with van der Waals surface area (Å²) in [6.45, 7) is 1.80. The van der Waals surface area contributed by atoms with Crippen LogP contribution in [0.2, 0.25) is 0 Å². The Labute approximate surface area is 144 Å². The summed E-state index contributed by atoms with van der Waals surface area (Å²) in [6, 6.07) is 0. The van der Waals surface area contributed by atoms with E-state index in [-0.39, 0.29) is 18.3 Å². The number of piperidine rings is 1. The second kappa shape index (κ2) is 6.86. The van der Waals surface area contributed by atoms with E-state index in [9.17, 15) is 21.6 Å². The molecule has 0 saturated carbocycles. The van der Waals surface area contributed by atoms with E-state index in [4.69, 9.17) is 4.74 Å². The zero-order valence-electron chi connectivity index (χ0n) is 13.9. The second-order valence-corrected chi connectivity index (χ2v) is 8.24. The molecule has 0 N–H and O–H groups in total. The number of rotatable bonds is 3. The minimum absolute atomic E-state index is 0.141. The van der Waals surface area contributed by atoms with Crippen LogP contribution in [-0.4, -0.2) is 66.0 Å². The molecule has 0 bridgehead atoms. The number of imidazole rings is 1. The average Bonchev–Trinajstić information content (AvgIpc) is 2.98. The summed E-state index contributed by atoms with van der Waals surface area (Å²) in [6.07, 6.45) is -2.37. The smallest absolute Gasteiger partial charge is 0.379 e. The van der Waals surface area contributed by atoms with Gasteiger partial charge >= 0.3 is 6.18 Å². The maximum atomic E-state index is 12.9. The molecule has 0 spiro atoms. The van der Waals surface area contributed by atoms with E-state index in [1.807, 2.05) is 0 Å². The number of aryl methyl sites for hydroxylation is 1. The van der Waals surface area contributed by atoms with Crippen LogP contribution in [-0.2, 0) is 28.2 Å². The number of hydrogen-bond donors (Lipinski definition) is 0. The Morgan fingerprint density at radius 2 is 1.88 bits per heavy atom. The lowest BCUT2D eigenvalue weighted by molar-refractivity contribution is -0.141. The van der Waals surface area contributed by atoms with Crippen molar-refractivity contribution < 1.29 is 26.3 Å². The Morgan fingerprint density at radius 1 is 1.20 bits per heavy atom. The number of ether oxygens (including phenoxy) is 1. The van der Waals surface area contributed by atoms with Crippen molar-refractivity contribution in [2.24, 2.45) is 7.05 Å². The molecule has 3 heterocycles. The van der Waals surface area contributed by atoms with Crippen molar-refractivity contribution in [1.82, 2.24) is 18.2 Å². The van der Waals surface area contributed by atoms with Crippen LogP contribution in [0.5, 0.6) is 0 Å². The van der Waals surface area contributed by atoms with Crippen LogP contribution < -0.4 is 0 Å². The number of nitrogens with zero attached hydrogens (tertiary/aromatic N) is 4. The van der Waals surface area contributed by atoms with Crippen LogP contribution in [0.15, 0.2) is 6.20 Å². The van der Waals surface area contributed by atoms with Crippen molar-refractivity contribution in [3.63, 3.8) is 0 Å². The van der Waals surface area contributed by atoms with Gasteiger partial charge in [-0.25, -0.2) is 4.98 Å². The Hall–Kier alpha value is -1.17. The monoisotopic (exact) mass is 382 g/mol. The lowest BCUT2D eigenvalue weighted by Gasteiger charge is -2.36. The van der Waals surface area contributed by atoms with Crippen molar-refractivity contribution in [3.05, 3.63) is 17.7 Å². The fraction of sp³-hybridized carbons (Fsp3) is 0.786. The van der Waals surface area contributed by atoms with E-state index >= 15 is 0 Å². The Morgan fingerprint density at radius 3 is 2.48 bits per heavy atom. The van der Waals surface area contributed by atoms with Gasteiger partial charge < -0.3 is 9.30 Å². The normalized spacial score (nSPS) is 24.6. The highest BCUT2D eigenvalue weighted by molar-refractivity contribution is 7.86. The van der Waals surface area contributed by atoms with Crippen molar-refractivity contribution >= 4 is 10.2 Å². The van der Waals surface area contributed by atoms with Gasteiger partial charge in [0, 0.05) is 45.3 Å². The molecule has 2 aliphatic rings. The molecule has 1 unspecified atom stereocenters. The van der Waals surface area contributed by atoms with Gasteiger partial charge in [-0.2, -0.15) is 30.2 Å². The van der Waals surface area contributed by atoms with Crippen LogP contribution >= 0.6 is 0 Å². The van der Waals surface area contributed by atoms with Gasteiger partial charge in [0.2, 0.25) is 0 Å². The van der Waals surface area contributed by atoms with Crippen molar-refractivity contribution in [1.29, 1.82) is 0 Å². The molecule has 1 aromatic rings. The van der Waals surface area contributed by atoms with E-state index < -0.39 is 22.1 Å². The van der Waals surface area contributed by atoms with Crippen molar-refractivity contribution in [2.75, 3.05) is 39.4 Å². The van der Waals surface area contributed by atoms with Crippen LogP contribution in [0, 0.1) is 0 Å². The van der Waals surface area contributed by atoms with Gasteiger partial charge in [0.15, 0.2) is 5.69 Å². The lowest BCUT2D eigenvalue weighted by Crippen LogP contribution is -2.51. The molecule has 2 saturated heterocycles. The molecular formula is C14H21F3N4O3S. The highest BCUT2D eigenvalue weighted by Gasteiger charge is 2.38. The molecule has 0 aromatic carbocycles. The zero-order chi connectivity index (χ0) is 18.2. The zero-order valence-corrected chi connectivity index (χ0v) is 14.7. The Balaban J connectivity index is 1.78. The predicted octanol–water partition coefficient (Wildman–Crippen LogP) is 1.20. The molecule has 25 heavy (non-hydrogen) atoms. The topological polar surface area (TPSA) is 67.7 Å². The van der Waals surface area contributed by atoms with Gasteiger partial charge in [-0.3, -0.25) is 0 Å². The fourth-order valence-electron chi connectivity index (χ4n) is 3.30. The molecular weight excluding hydrogens is 361 g/mol. The maximum Gasteiger partial charge on any atom is 0.434 e. The average molecular weight is 382 g/mol. The third-order valence-electron chi connectivity index (χ3n) is 4.57. The minimum Gasteiger partial charge on any atom is -0.379 e. The van der Waals surface area contributed by atoms with Gasteiger partial charge in [-0.15, -0.1) is 0 Å². The third kappa shape index (κ3) is 3.83. The second-order valence-electron chi connectivity index (χ2n) is 6.31.